The van der Waals surface area contributed by atoms with Gasteiger partial charge in [-0.3, -0.25) is 19.3 Å². The number of aryl methyl sites for hydroxylation is 1. The number of benzene rings is 1. The zero-order valence-corrected chi connectivity index (χ0v) is 35.5. The van der Waals surface area contributed by atoms with Gasteiger partial charge in [0, 0.05) is 48.5 Å². The van der Waals surface area contributed by atoms with Crippen molar-refractivity contribution in [2.45, 2.75) is 140 Å². The number of carbonyl (C=O) groups is 3. The molecule has 51 heavy (non-hydrogen) atoms. The first-order chi connectivity index (χ1) is 24.0. The van der Waals surface area contributed by atoms with Gasteiger partial charge in [0.15, 0.2) is 0 Å². The van der Waals surface area contributed by atoms with Crippen LogP contribution in [0.25, 0.3) is 0 Å². The molecule has 1 aromatic carbocycles. The Hall–Kier alpha value is -2.45. The lowest BCUT2D eigenvalue weighted by atomic mass is 9.78. The highest BCUT2D eigenvalue weighted by atomic mass is 79.9. The van der Waals surface area contributed by atoms with E-state index in [1.807, 2.05) is 59.8 Å². The maximum absolute atomic E-state index is 13.3. The van der Waals surface area contributed by atoms with E-state index in [0.29, 0.717) is 25.8 Å². The van der Waals surface area contributed by atoms with Crippen LogP contribution >= 0.6 is 15.9 Å². The molecule has 0 spiro atoms. The number of allylic oxidation sites excluding steroid dienone is 4. The minimum atomic E-state index is -2.51. The molecule has 8 heteroatoms. The second-order valence-electron chi connectivity index (χ2n) is 13.9. The molecule has 3 rings (SSSR count). The fourth-order valence-corrected chi connectivity index (χ4v) is 5.66. The van der Waals surface area contributed by atoms with E-state index < -0.39 is 11.3 Å². The van der Waals surface area contributed by atoms with Gasteiger partial charge >= 0.3 is 0 Å². The molecule has 1 saturated heterocycles. The Morgan fingerprint density at radius 2 is 1.47 bits per heavy atom. The van der Waals surface area contributed by atoms with E-state index in [-0.39, 0.29) is 36.4 Å². The third-order valence-electron chi connectivity index (χ3n) is 8.53. The van der Waals surface area contributed by atoms with Crippen LogP contribution in [0.2, 0.25) is 0 Å². The number of halogens is 3. The first-order valence-electron chi connectivity index (χ1n) is 19.2. The number of likely N-dealkylation sites (tertiary alicyclic amines) is 1. The quantitative estimate of drug-likeness (QED) is 0.210. The molecule has 292 valence electrons. The average molecular weight is 782 g/mol. The van der Waals surface area contributed by atoms with E-state index in [0.717, 1.165) is 61.3 Å². The van der Waals surface area contributed by atoms with E-state index in [1.165, 1.54) is 17.4 Å². The Kier molecular flexibility index (Phi) is 27.9. The standard InChI is InChI=1S/C26H35BrN2O2.C9H14F2O.C4H10.2C2H6/c1-5-24(27)14-13-21(2)20-29(22(3)30)25(31)26(4)15-18-28(19-16-26)17-9-12-23-10-7-6-8-11-23;1-2-8(12)7-3-5-9(10,11)6-4-7;1-4(2)3;2*1-2/h5-8,10-11,13-14H,1,9,12,15-20H2,2-4H3;7H,2-6H2,1H3;4H,1-3H3;2*1-2H3/b21-13+,24-14+;;;;. The van der Waals surface area contributed by atoms with Crippen LogP contribution in [0.3, 0.4) is 0 Å². The van der Waals surface area contributed by atoms with Crippen molar-refractivity contribution in [1.82, 2.24) is 9.80 Å². The van der Waals surface area contributed by atoms with Gasteiger partial charge in [-0.25, -0.2) is 8.78 Å². The molecule has 2 aliphatic rings. The van der Waals surface area contributed by atoms with Crippen molar-refractivity contribution in [3.8, 4) is 0 Å². The number of amides is 2. The van der Waals surface area contributed by atoms with Crippen LogP contribution < -0.4 is 0 Å². The number of piperidine rings is 1. The van der Waals surface area contributed by atoms with Crippen molar-refractivity contribution in [2.24, 2.45) is 17.3 Å². The van der Waals surface area contributed by atoms with Crippen LogP contribution in [0.5, 0.6) is 0 Å². The first kappa shape index (κ1) is 50.7. The summed E-state index contributed by atoms with van der Waals surface area (Å²) in [7, 11) is 0. The number of alkyl halides is 2. The molecule has 0 radical (unpaired) electrons. The number of ketones is 1. The summed E-state index contributed by atoms with van der Waals surface area (Å²) >= 11 is 3.38. The number of carbonyl (C=O) groups excluding carboxylic acids is 3. The zero-order valence-electron chi connectivity index (χ0n) is 33.9. The Labute approximate surface area is 319 Å². The number of rotatable bonds is 11. The highest BCUT2D eigenvalue weighted by Crippen LogP contribution is 2.37. The monoisotopic (exact) mass is 780 g/mol. The van der Waals surface area contributed by atoms with Crippen LogP contribution in [0.15, 0.2) is 65.2 Å². The lowest BCUT2D eigenvalue weighted by molar-refractivity contribution is -0.151. The summed E-state index contributed by atoms with van der Waals surface area (Å²) < 4.78 is 26.1. The summed E-state index contributed by atoms with van der Waals surface area (Å²) in [6.45, 7) is 28.6. The summed E-state index contributed by atoms with van der Waals surface area (Å²) in [6.07, 6.45) is 10.3. The largest absolute Gasteiger partial charge is 0.303 e. The molecule has 0 unspecified atom stereocenters. The van der Waals surface area contributed by atoms with Crippen molar-refractivity contribution >= 4 is 33.5 Å². The summed E-state index contributed by atoms with van der Waals surface area (Å²) in [5.41, 5.74) is 1.83. The number of nitrogens with zero attached hydrogens (tertiary/aromatic N) is 2. The fraction of sp³-hybridized carbons (Fsp3) is 0.651. The molecule has 1 heterocycles. The zero-order chi connectivity index (χ0) is 39.6. The van der Waals surface area contributed by atoms with E-state index in [2.05, 4.69) is 72.4 Å². The average Bonchev–Trinajstić information content (AvgIpc) is 3.12. The number of hydrogen-bond donors (Lipinski definition) is 0. The van der Waals surface area contributed by atoms with Crippen LogP contribution in [-0.4, -0.2) is 59.5 Å². The van der Waals surface area contributed by atoms with E-state index in [1.54, 1.807) is 13.0 Å². The molecule has 5 nitrogen and oxygen atoms in total. The first-order valence-corrected chi connectivity index (χ1v) is 20.0. The van der Waals surface area contributed by atoms with Gasteiger partial charge in [0.1, 0.15) is 5.78 Å². The molecule has 1 saturated carbocycles. The van der Waals surface area contributed by atoms with Crippen molar-refractivity contribution in [3.05, 3.63) is 70.8 Å². The van der Waals surface area contributed by atoms with Crippen molar-refractivity contribution in [3.63, 3.8) is 0 Å². The maximum atomic E-state index is 13.3. The lowest BCUT2D eigenvalue weighted by Crippen LogP contribution is -2.50. The molecule has 1 aliphatic heterocycles. The van der Waals surface area contributed by atoms with Crippen LogP contribution in [-0.2, 0) is 20.8 Å². The second-order valence-corrected chi connectivity index (χ2v) is 14.8. The van der Waals surface area contributed by atoms with Crippen molar-refractivity contribution in [1.29, 1.82) is 0 Å². The second kappa shape index (κ2) is 28.1. The van der Waals surface area contributed by atoms with Crippen LogP contribution in [0.1, 0.15) is 133 Å². The van der Waals surface area contributed by atoms with Crippen LogP contribution in [0.4, 0.5) is 8.78 Å². The lowest BCUT2D eigenvalue weighted by Gasteiger charge is -2.40. The van der Waals surface area contributed by atoms with Gasteiger partial charge in [-0.05, 0) is 82.6 Å². The molecule has 0 aromatic heterocycles. The van der Waals surface area contributed by atoms with Gasteiger partial charge < -0.3 is 4.90 Å². The van der Waals surface area contributed by atoms with Crippen molar-refractivity contribution < 1.29 is 23.2 Å². The third kappa shape index (κ3) is 22.3. The Bertz CT molecular complexity index is 1180. The third-order valence-corrected chi connectivity index (χ3v) is 9.12. The molecule has 0 N–H and O–H groups in total. The summed E-state index contributed by atoms with van der Waals surface area (Å²) in [5.74, 6) is -1.87. The summed E-state index contributed by atoms with van der Waals surface area (Å²) in [6, 6.07) is 10.6. The molecule has 1 aliphatic carbocycles. The number of imide groups is 1. The van der Waals surface area contributed by atoms with Gasteiger partial charge in [-0.1, -0.05) is 133 Å². The van der Waals surface area contributed by atoms with Crippen molar-refractivity contribution in [2.75, 3.05) is 26.2 Å². The van der Waals surface area contributed by atoms with Gasteiger partial charge in [0.2, 0.25) is 17.7 Å². The Balaban J connectivity index is 0. The van der Waals surface area contributed by atoms with E-state index >= 15 is 0 Å². The predicted octanol–water partition coefficient (Wildman–Crippen LogP) is 12.0. The van der Waals surface area contributed by atoms with Crippen LogP contribution in [0, 0.1) is 17.3 Å². The Morgan fingerprint density at radius 3 is 1.92 bits per heavy atom. The van der Waals surface area contributed by atoms with E-state index in [9.17, 15) is 23.2 Å². The Morgan fingerprint density at radius 1 is 0.961 bits per heavy atom. The molecule has 2 fully saturated rings. The smallest absolute Gasteiger partial charge is 0.248 e. The maximum Gasteiger partial charge on any atom is 0.248 e. The van der Waals surface area contributed by atoms with E-state index in [4.69, 9.17) is 0 Å². The number of Topliss-reactive ketones (excluding diaryl/α,β-unsaturated/α-hetero) is 1. The normalized spacial score (nSPS) is 17.1. The fourth-order valence-electron chi connectivity index (χ4n) is 5.53. The molecule has 1 aromatic rings. The highest BCUT2D eigenvalue weighted by Gasteiger charge is 2.40. The summed E-state index contributed by atoms with van der Waals surface area (Å²) in [4.78, 5) is 40.6. The number of hydrogen-bond acceptors (Lipinski definition) is 4. The topological polar surface area (TPSA) is 57.7 Å². The SMILES string of the molecule is C=C/C(Br)=C\C=C(/C)CN(C(C)=O)C(=O)C1(C)CCN(CCCc2ccccc2)CC1.CC.CC.CC(C)C.CCC(=O)C1CCC(F)(F)CC1. The minimum absolute atomic E-state index is 0.0524. The van der Waals surface area contributed by atoms with Gasteiger partial charge in [-0.2, -0.15) is 0 Å². The highest BCUT2D eigenvalue weighted by molar-refractivity contribution is 9.11. The molecule has 2 amide bonds. The molecular formula is C43H71BrF2N2O3. The summed E-state index contributed by atoms with van der Waals surface area (Å²) in [5, 5.41) is 0. The van der Waals surface area contributed by atoms with Gasteiger partial charge in [0.25, 0.3) is 0 Å². The van der Waals surface area contributed by atoms with Gasteiger partial charge in [-0.15, -0.1) is 0 Å². The van der Waals surface area contributed by atoms with Gasteiger partial charge in [0.05, 0.1) is 0 Å². The molecular weight excluding hydrogens is 710 g/mol. The molecule has 0 bridgehead atoms. The minimum Gasteiger partial charge on any atom is -0.303 e. The predicted molar refractivity (Wildman–Crippen MR) is 217 cm³/mol. The molecule has 0 atom stereocenters.